The zero-order valence-corrected chi connectivity index (χ0v) is 33.4. The molecule has 2 saturated heterocycles. The number of ether oxygens (including phenoxy) is 3. The van der Waals surface area contributed by atoms with Gasteiger partial charge in [0.15, 0.2) is 0 Å². The van der Waals surface area contributed by atoms with Crippen molar-refractivity contribution < 1.29 is 19.0 Å². The first-order chi connectivity index (χ1) is 29.4. The maximum atomic E-state index is 12.9. The second-order valence-corrected chi connectivity index (χ2v) is 15.5. The molecule has 13 nitrogen and oxygen atoms in total. The number of benzene rings is 3. The van der Waals surface area contributed by atoms with Gasteiger partial charge in [0.1, 0.15) is 28.9 Å². The van der Waals surface area contributed by atoms with E-state index in [1.54, 1.807) is 29.5 Å². The number of hydrogen-bond donors (Lipinski definition) is 4. The molecule has 2 aliphatic rings. The highest BCUT2D eigenvalue weighted by atomic mass is 16.6. The molecule has 1 unspecified atom stereocenters. The summed E-state index contributed by atoms with van der Waals surface area (Å²) < 4.78 is 18.9. The summed E-state index contributed by atoms with van der Waals surface area (Å²) >= 11 is 0. The van der Waals surface area contributed by atoms with Crippen molar-refractivity contribution in [3.8, 4) is 33.8 Å². The average molecular weight is 802 g/mol. The lowest BCUT2D eigenvalue weighted by atomic mass is 9.99. The first kappa shape index (κ1) is 38.6. The van der Waals surface area contributed by atoms with Gasteiger partial charge in [0.25, 0.3) is 5.91 Å². The van der Waals surface area contributed by atoms with Crippen LogP contribution in [0.25, 0.3) is 44.3 Å². The molecule has 13 heteroatoms. The molecule has 5 aromatic heterocycles. The van der Waals surface area contributed by atoms with Crippen LogP contribution in [0.4, 0.5) is 11.4 Å². The van der Waals surface area contributed by atoms with E-state index in [4.69, 9.17) is 19.9 Å². The maximum Gasteiger partial charge on any atom is 0.258 e. The van der Waals surface area contributed by atoms with Gasteiger partial charge >= 0.3 is 0 Å². The second-order valence-electron chi connectivity index (χ2n) is 15.5. The monoisotopic (exact) mass is 801 g/mol. The van der Waals surface area contributed by atoms with Gasteiger partial charge in [0.2, 0.25) is 0 Å². The molecular weight excluding hydrogens is 755 g/mol. The van der Waals surface area contributed by atoms with Gasteiger partial charge in [-0.15, -0.1) is 0 Å². The lowest BCUT2D eigenvalue weighted by Gasteiger charge is -2.29. The minimum absolute atomic E-state index is 0.106. The van der Waals surface area contributed by atoms with E-state index in [-0.39, 0.29) is 12.0 Å². The van der Waals surface area contributed by atoms with Crippen molar-refractivity contribution in [3.05, 3.63) is 139 Å². The number of nitrogens with zero attached hydrogens (tertiary/aromatic N) is 5. The van der Waals surface area contributed by atoms with Crippen molar-refractivity contribution in [1.29, 1.82) is 0 Å². The number of hydrogen-bond acceptors (Lipinski definition) is 9. The van der Waals surface area contributed by atoms with Crippen molar-refractivity contribution >= 4 is 39.3 Å². The Bertz CT molecular complexity index is 2720. The maximum absolute atomic E-state index is 12.9. The van der Waals surface area contributed by atoms with Gasteiger partial charge < -0.3 is 40.1 Å². The van der Waals surface area contributed by atoms with Gasteiger partial charge in [-0.05, 0) is 79.5 Å². The third-order valence-corrected chi connectivity index (χ3v) is 10.9. The molecule has 10 rings (SSSR count). The Morgan fingerprint density at radius 1 is 0.850 bits per heavy atom. The minimum atomic E-state index is -0.228. The molecule has 0 bridgehead atoms. The van der Waals surface area contributed by atoms with Crippen LogP contribution in [0.2, 0.25) is 0 Å². The fraction of sp³-hybridized carbons (Fsp3) is 0.234. The quantitative estimate of drug-likeness (QED) is 0.102. The molecule has 0 radical (unpaired) electrons. The predicted octanol–water partition coefficient (Wildman–Crippen LogP) is 8.04. The van der Waals surface area contributed by atoms with Crippen molar-refractivity contribution in [2.24, 2.45) is 5.92 Å². The fourth-order valence-electron chi connectivity index (χ4n) is 7.59. The highest BCUT2D eigenvalue weighted by molar-refractivity contribution is 6.08. The standard InChI is InChI=1S/C27H23N5O3.C20H24N4O/c33-27(21-12-30-32(15-21)14-18-5-2-1-3-6-18)31-25-13-29-26-24(25)10-20(11-28-26)19-7-4-8-22(9-19)35-23-16-34-17-23;1-24-7-3-4-14(12-24)13-25-17-6-2-5-15(8-17)16-9-18-19(21)11-23-20(18)22-10-16/h1-13,15,23H,14,16-17H2,(H,28,29)(H,31,33);2,5-6,8-11,14H,3-4,7,12-13,21H2,1H3,(H,22,23). The Labute approximate surface area is 347 Å². The van der Waals surface area contributed by atoms with Crippen molar-refractivity contribution in [2.75, 3.05) is 51.0 Å². The molecule has 8 aromatic rings. The first-order valence-electron chi connectivity index (χ1n) is 20.2. The fourth-order valence-corrected chi connectivity index (χ4v) is 7.59. The molecule has 2 fully saturated rings. The average Bonchev–Trinajstić information content (AvgIpc) is 4.01. The smallest absolute Gasteiger partial charge is 0.258 e. The van der Waals surface area contributed by atoms with Crippen LogP contribution in [0.1, 0.15) is 28.8 Å². The molecule has 1 amide bonds. The van der Waals surface area contributed by atoms with E-state index in [9.17, 15) is 4.79 Å². The molecule has 60 heavy (non-hydrogen) atoms. The number of nitrogens with one attached hydrogen (secondary N) is 3. The topological polar surface area (TPSA) is 161 Å². The van der Waals surface area contributed by atoms with Gasteiger partial charge in [-0.2, -0.15) is 5.10 Å². The van der Waals surface area contributed by atoms with Crippen LogP contribution < -0.4 is 20.5 Å². The summed E-state index contributed by atoms with van der Waals surface area (Å²) in [6.45, 7) is 4.93. The molecule has 304 valence electrons. The van der Waals surface area contributed by atoms with Gasteiger partial charge in [0, 0.05) is 65.3 Å². The number of carbonyl (C=O) groups is 1. The first-order valence-corrected chi connectivity index (χ1v) is 20.2. The van der Waals surface area contributed by atoms with Crippen LogP contribution >= 0.6 is 0 Å². The number of nitrogen functional groups attached to an aromatic ring is 1. The summed E-state index contributed by atoms with van der Waals surface area (Å²) in [5.74, 6) is 2.09. The van der Waals surface area contributed by atoms with E-state index in [0.29, 0.717) is 42.6 Å². The molecule has 0 spiro atoms. The number of piperidine rings is 1. The minimum Gasteiger partial charge on any atom is -0.493 e. The van der Waals surface area contributed by atoms with Crippen LogP contribution in [0.5, 0.6) is 11.5 Å². The molecule has 2 aliphatic heterocycles. The van der Waals surface area contributed by atoms with Gasteiger partial charge in [-0.1, -0.05) is 54.6 Å². The van der Waals surface area contributed by atoms with E-state index in [2.05, 4.69) is 60.5 Å². The normalized spacial score (nSPS) is 15.6. The number of fused-ring (bicyclic) bond motifs is 2. The Morgan fingerprint density at radius 3 is 2.32 bits per heavy atom. The zero-order valence-electron chi connectivity index (χ0n) is 33.4. The Hall–Kier alpha value is -6.96. The number of aromatic nitrogens is 6. The lowest BCUT2D eigenvalue weighted by molar-refractivity contribution is -0.0796. The van der Waals surface area contributed by atoms with Crippen LogP contribution in [0.3, 0.4) is 0 Å². The molecule has 7 heterocycles. The number of anilines is 2. The SMILES string of the molecule is CN1CCCC(COc2cccc(-c3cnc4[nH]cc(N)c4c3)c2)C1.O=C(Nc1c[nH]c2ncc(-c3cccc(OC4COC4)c3)cc12)c1cnn(Cc2ccccc2)c1. The Kier molecular flexibility index (Phi) is 11.2. The molecule has 0 aliphatic carbocycles. The highest BCUT2D eigenvalue weighted by Crippen LogP contribution is 2.31. The summed E-state index contributed by atoms with van der Waals surface area (Å²) in [7, 11) is 2.18. The van der Waals surface area contributed by atoms with Crippen molar-refractivity contribution in [1.82, 2.24) is 34.6 Å². The molecule has 5 N–H and O–H groups in total. The van der Waals surface area contributed by atoms with E-state index in [0.717, 1.165) is 74.6 Å². The van der Waals surface area contributed by atoms with Gasteiger partial charge in [-0.3, -0.25) is 9.48 Å². The number of H-pyrrole nitrogens is 2. The third-order valence-electron chi connectivity index (χ3n) is 10.9. The molecule has 0 saturated carbocycles. The van der Waals surface area contributed by atoms with E-state index < -0.39 is 0 Å². The van der Waals surface area contributed by atoms with Gasteiger partial charge in [-0.25, -0.2) is 9.97 Å². The van der Waals surface area contributed by atoms with Crippen molar-refractivity contribution in [3.63, 3.8) is 0 Å². The van der Waals surface area contributed by atoms with E-state index in [1.165, 1.54) is 19.4 Å². The number of rotatable bonds is 11. The van der Waals surface area contributed by atoms with Crippen LogP contribution in [0, 0.1) is 5.92 Å². The Morgan fingerprint density at radius 2 is 1.57 bits per heavy atom. The summed E-state index contributed by atoms with van der Waals surface area (Å²) in [5, 5.41) is 9.10. The largest absolute Gasteiger partial charge is 0.493 e. The van der Waals surface area contributed by atoms with Crippen LogP contribution in [-0.2, 0) is 11.3 Å². The number of likely N-dealkylation sites (tertiary alicyclic amines) is 1. The van der Waals surface area contributed by atoms with E-state index in [1.807, 2.05) is 85.2 Å². The highest BCUT2D eigenvalue weighted by Gasteiger charge is 2.21. The van der Waals surface area contributed by atoms with E-state index >= 15 is 0 Å². The molecule has 3 aromatic carbocycles. The van der Waals surface area contributed by atoms with Crippen LogP contribution in [0.15, 0.2) is 128 Å². The van der Waals surface area contributed by atoms with Gasteiger partial charge in [0.05, 0.1) is 49.5 Å². The Balaban J connectivity index is 0.000000163. The molecular formula is C47H47N9O4. The summed E-state index contributed by atoms with van der Waals surface area (Å²) in [6, 6.07) is 30.2. The summed E-state index contributed by atoms with van der Waals surface area (Å²) in [4.78, 5) is 30.5. The number of nitrogens with two attached hydrogens (primary N) is 1. The third kappa shape index (κ3) is 9.02. The van der Waals surface area contributed by atoms with Crippen molar-refractivity contribution in [2.45, 2.75) is 25.5 Å². The zero-order chi connectivity index (χ0) is 40.8. The number of aromatic amines is 2. The predicted molar refractivity (Wildman–Crippen MR) is 234 cm³/mol. The summed E-state index contributed by atoms with van der Waals surface area (Å²) in [6.07, 6.45) is 13.2. The molecule has 1 atom stereocenters. The number of amides is 1. The number of pyridine rings is 2. The summed E-state index contributed by atoms with van der Waals surface area (Å²) in [5.41, 5.74) is 14.5. The lowest BCUT2D eigenvalue weighted by Crippen LogP contribution is -2.38. The number of carbonyl (C=O) groups excluding carboxylic acids is 1. The second kappa shape index (κ2) is 17.5. The van der Waals surface area contributed by atoms with Crippen LogP contribution in [-0.4, -0.2) is 86.6 Å².